The van der Waals surface area contributed by atoms with Gasteiger partial charge in [-0.15, -0.1) is 0 Å². The SMILES string of the molecule is CCCCCCCCCCON=C1CCCCC1. The Kier molecular flexibility index (Phi) is 9.97. The third kappa shape index (κ3) is 8.54. The molecule has 0 radical (unpaired) electrons. The molecule has 0 aromatic heterocycles. The predicted molar refractivity (Wildman–Crippen MR) is 79.1 cm³/mol. The van der Waals surface area contributed by atoms with E-state index in [1.54, 1.807) is 0 Å². The Labute approximate surface area is 113 Å². The van der Waals surface area contributed by atoms with Gasteiger partial charge in [0.15, 0.2) is 0 Å². The molecular formula is C16H31NO. The van der Waals surface area contributed by atoms with Crippen LogP contribution in [0.25, 0.3) is 0 Å². The molecule has 1 aliphatic carbocycles. The highest BCUT2D eigenvalue weighted by atomic mass is 16.6. The summed E-state index contributed by atoms with van der Waals surface area (Å²) in [6.45, 7) is 3.09. The summed E-state index contributed by atoms with van der Waals surface area (Å²) in [6.07, 6.45) is 17.1. The second-order valence-electron chi connectivity index (χ2n) is 5.53. The van der Waals surface area contributed by atoms with Crippen LogP contribution in [0.2, 0.25) is 0 Å². The highest BCUT2D eigenvalue weighted by Gasteiger charge is 2.06. The molecule has 1 saturated carbocycles. The van der Waals surface area contributed by atoms with Crippen LogP contribution in [0.3, 0.4) is 0 Å². The van der Waals surface area contributed by atoms with Crippen molar-refractivity contribution in [1.29, 1.82) is 0 Å². The van der Waals surface area contributed by atoms with E-state index in [9.17, 15) is 0 Å². The number of oxime groups is 1. The van der Waals surface area contributed by atoms with Gasteiger partial charge in [-0.2, -0.15) is 0 Å². The number of rotatable bonds is 10. The summed E-state index contributed by atoms with van der Waals surface area (Å²) in [5.74, 6) is 0. The first kappa shape index (κ1) is 15.5. The Morgan fingerprint density at radius 2 is 1.44 bits per heavy atom. The van der Waals surface area contributed by atoms with Crippen molar-refractivity contribution in [2.45, 2.75) is 90.4 Å². The van der Waals surface area contributed by atoms with E-state index in [0.29, 0.717) is 0 Å². The summed E-state index contributed by atoms with van der Waals surface area (Å²) in [6, 6.07) is 0. The number of nitrogens with zero attached hydrogens (tertiary/aromatic N) is 1. The van der Waals surface area contributed by atoms with Gasteiger partial charge >= 0.3 is 0 Å². The molecule has 0 aromatic carbocycles. The topological polar surface area (TPSA) is 21.6 Å². The van der Waals surface area contributed by atoms with Crippen molar-refractivity contribution in [1.82, 2.24) is 0 Å². The molecule has 1 rings (SSSR count). The van der Waals surface area contributed by atoms with Crippen molar-refractivity contribution in [3.05, 3.63) is 0 Å². The number of unbranched alkanes of at least 4 members (excludes halogenated alkanes) is 7. The molecule has 1 fully saturated rings. The number of hydrogen-bond acceptors (Lipinski definition) is 2. The second-order valence-corrected chi connectivity index (χ2v) is 5.53. The minimum Gasteiger partial charge on any atom is -0.396 e. The van der Waals surface area contributed by atoms with Gasteiger partial charge in [-0.25, -0.2) is 0 Å². The first-order chi connectivity index (χ1) is 8.93. The summed E-state index contributed by atoms with van der Waals surface area (Å²) >= 11 is 0. The quantitative estimate of drug-likeness (QED) is 0.374. The standard InChI is InChI=1S/C16H31NO/c1-2-3-4-5-6-7-8-12-15-18-17-16-13-10-9-11-14-16/h2-15H2,1H3. The summed E-state index contributed by atoms with van der Waals surface area (Å²) in [7, 11) is 0. The average molecular weight is 253 g/mol. The molecule has 0 atom stereocenters. The molecule has 18 heavy (non-hydrogen) atoms. The summed E-state index contributed by atoms with van der Waals surface area (Å²) in [4.78, 5) is 5.41. The maximum Gasteiger partial charge on any atom is 0.117 e. The minimum atomic E-state index is 0.818. The third-order valence-corrected chi connectivity index (χ3v) is 3.71. The van der Waals surface area contributed by atoms with Crippen molar-refractivity contribution < 1.29 is 4.84 Å². The molecule has 0 amide bonds. The monoisotopic (exact) mass is 253 g/mol. The molecule has 106 valence electrons. The van der Waals surface area contributed by atoms with E-state index < -0.39 is 0 Å². The Morgan fingerprint density at radius 3 is 2.11 bits per heavy atom. The van der Waals surface area contributed by atoms with E-state index in [-0.39, 0.29) is 0 Å². The molecule has 0 aromatic rings. The highest BCUT2D eigenvalue weighted by molar-refractivity contribution is 5.84. The van der Waals surface area contributed by atoms with Gasteiger partial charge < -0.3 is 4.84 Å². The van der Waals surface area contributed by atoms with E-state index in [2.05, 4.69) is 12.1 Å². The van der Waals surface area contributed by atoms with Crippen molar-refractivity contribution in [3.63, 3.8) is 0 Å². The van der Waals surface area contributed by atoms with Gasteiger partial charge in [0.25, 0.3) is 0 Å². The molecule has 2 heteroatoms. The second kappa shape index (κ2) is 11.6. The van der Waals surface area contributed by atoms with E-state index in [1.165, 1.54) is 76.3 Å². The molecule has 0 spiro atoms. The average Bonchev–Trinajstić information content (AvgIpc) is 2.42. The van der Waals surface area contributed by atoms with Crippen LogP contribution in [0.1, 0.15) is 90.4 Å². The Balaban J connectivity index is 1.80. The summed E-state index contributed by atoms with van der Waals surface area (Å²) in [5.41, 5.74) is 1.29. The Morgan fingerprint density at radius 1 is 0.833 bits per heavy atom. The van der Waals surface area contributed by atoms with E-state index >= 15 is 0 Å². The zero-order valence-electron chi connectivity index (χ0n) is 12.3. The largest absolute Gasteiger partial charge is 0.396 e. The normalized spacial score (nSPS) is 15.7. The van der Waals surface area contributed by atoms with Crippen molar-refractivity contribution in [3.8, 4) is 0 Å². The van der Waals surface area contributed by atoms with E-state index in [0.717, 1.165) is 19.4 Å². The van der Waals surface area contributed by atoms with Gasteiger partial charge in [-0.3, -0.25) is 0 Å². The van der Waals surface area contributed by atoms with E-state index in [1.807, 2.05) is 0 Å². The first-order valence-corrected chi connectivity index (χ1v) is 8.11. The maximum absolute atomic E-state index is 5.41. The Hall–Kier alpha value is -0.530. The summed E-state index contributed by atoms with van der Waals surface area (Å²) in [5, 5.41) is 4.26. The van der Waals surface area contributed by atoms with Crippen LogP contribution >= 0.6 is 0 Å². The fraction of sp³-hybridized carbons (Fsp3) is 0.938. The van der Waals surface area contributed by atoms with E-state index in [4.69, 9.17) is 4.84 Å². The van der Waals surface area contributed by atoms with Gasteiger partial charge in [-0.05, 0) is 38.5 Å². The van der Waals surface area contributed by atoms with Crippen molar-refractivity contribution >= 4 is 5.71 Å². The lowest BCUT2D eigenvalue weighted by Gasteiger charge is -2.11. The zero-order valence-corrected chi connectivity index (χ0v) is 12.3. The van der Waals surface area contributed by atoms with Crippen LogP contribution in [0.4, 0.5) is 0 Å². The third-order valence-electron chi connectivity index (χ3n) is 3.71. The molecule has 0 saturated heterocycles. The minimum absolute atomic E-state index is 0.818. The van der Waals surface area contributed by atoms with Crippen LogP contribution in [0.15, 0.2) is 5.16 Å². The smallest absolute Gasteiger partial charge is 0.117 e. The molecule has 0 N–H and O–H groups in total. The van der Waals surface area contributed by atoms with Crippen molar-refractivity contribution in [2.24, 2.45) is 5.16 Å². The molecule has 2 nitrogen and oxygen atoms in total. The summed E-state index contributed by atoms with van der Waals surface area (Å²) < 4.78 is 0. The number of hydrogen-bond donors (Lipinski definition) is 0. The van der Waals surface area contributed by atoms with Gasteiger partial charge in [0.2, 0.25) is 0 Å². The maximum atomic E-state index is 5.41. The lowest BCUT2D eigenvalue weighted by atomic mass is 9.99. The van der Waals surface area contributed by atoms with Crippen molar-refractivity contribution in [2.75, 3.05) is 6.61 Å². The molecule has 0 heterocycles. The predicted octanol–water partition coefficient (Wildman–Crippen LogP) is 5.46. The first-order valence-electron chi connectivity index (χ1n) is 8.11. The fourth-order valence-electron chi connectivity index (χ4n) is 2.49. The molecule has 0 aliphatic heterocycles. The fourth-order valence-corrected chi connectivity index (χ4v) is 2.49. The van der Waals surface area contributed by atoms with Crippen LogP contribution < -0.4 is 0 Å². The molecule has 0 bridgehead atoms. The lowest BCUT2D eigenvalue weighted by molar-refractivity contribution is 0.137. The van der Waals surface area contributed by atoms with Crippen LogP contribution in [-0.2, 0) is 4.84 Å². The lowest BCUT2D eigenvalue weighted by Crippen LogP contribution is -2.05. The van der Waals surface area contributed by atoms with Gasteiger partial charge in [-0.1, -0.05) is 57.0 Å². The molecule has 0 unspecified atom stereocenters. The van der Waals surface area contributed by atoms with Gasteiger partial charge in [0, 0.05) is 0 Å². The van der Waals surface area contributed by atoms with Crippen LogP contribution in [-0.4, -0.2) is 12.3 Å². The molecular weight excluding hydrogens is 222 g/mol. The zero-order chi connectivity index (χ0) is 12.9. The molecule has 1 aliphatic rings. The highest BCUT2D eigenvalue weighted by Crippen LogP contribution is 2.15. The van der Waals surface area contributed by atoms with Crippen LogP contribution in [0.5, 0.6) is 0 Å². The van der Waals surface area contributed by atoms with Gasteiger partial charge in [0.1, 0.15) is 6.61 Å². The Bertz CT molecular complexity index is 205. The van der Waals surface area contributed by atoms with Gasteiger partial charge in [0.05, 0.1) is 5.71 Å². The van der Waals surface area contributed by atoms with Crippen LogP contribution in [0, 0.1) is 0 Å².